The topological polar surface area (TPSA) is 24.1 Å². The molecule has 0 saturated carbocycles. The number of fused-ring (bicyclic) bond motifs is 2. The Morgan fingerprint density at radius 1 is 0.441 bits per heavy atom. The second-order valence-electron chi connectivity index (χ2n) is 9.70. The first-order chi connectivity index (χ1) is 16.3. The summed E-state index contributed by atoms with van der Waals surface area (Å²) in [4.78, 5) is 0. The predicted molar refractivity (Wildman–Crippen MR) is 149 cm³/mol. The van der Waals surface area contributed by atoms with Crippen LogP contribution in [0.15, 0.2) is 72.8 Å². The van der Waals surface area contributed by atoms with Crippen molar-refractivity contribution in [3.05, 3.63) is 106 Å². The van der Waals surface area contributed by atoms with Gasteiger partial charge in [0.1, 0.15) is 0 Å². The SMILES string of the molecule is Cc1cc(C)c(Nc2ccc(Nc3c(C)cc(C)cc3C)c3cc4ccccc4cc23)c(C)c1. The molecule has 0 fully saturated rings. The summed E-state index contributed by atoms with van der Waals surface area (Å²) < 4.78 is 0. The molecule has 0 aromatic heterocycles. The van der Waals surface area contributed by atoms with Crippen molar-refractivity contribution in [3.63, 3.8) is 0 Å². The van der Waals surface area contributed by atoms with Crippen molar-refractivity contribution >= 4 is 44.3 Å². The maximum absolute atomic E-state index is 3.77. The zero-order valence-electron chi connectivity index (χ0n) is 20.9. The van der Waals surface area contributed by atoms with Gasteiger partial charge in [0.2, 0.25) is 0 Å². The van der Waals surface area contributed by atoms with Crippen LogP contribution in [0.5, 0.6) is 0 Å². The molecule has 0 unspecified atom stereocenters. The third kappa shape index (κ3) is 4.01. The Labute approximate surface area is 202 Å². The van der Waals surface area contributed by atoms with Crippen molar-refractivity contribution in [1.82, 2.24) is 0 Å². The summed E-state index contributed by atoms with van der Waals surface area (Å²) in [6.45, 7) is 13.0. The van der Waals surface area contributed by atoms with Gasteiger partial charge in [0, 0.05) is 33.5 Å². The van der Waals surface area contributed by atoms with Crippen LogP contribution in [0.1, 0.15) is 33.4 Å². The highest BCUT2D eigenvalue weighted by Gasteiger charge is 2.13. The number of anilines is 4. The van der Waals surface area contributed by atoms with Crippen LogP contribution in [-0.4, -0.2) is 0 Å². The molecule has 5 rings (SSSR count). The highest BCUT2D eigenvalue weighted by molar-refractivity contribution is 6.10. The van der Waals surface area contributed by atoms with Gasteiger partial charge < -0.3 is 10.6 Å². The van der Waals surface area contributed by atoms with Crippen LogP contribution in [-0.2, 0) is 0 Å². The van der Waals surface area contributed by atoms with E-state index in [0.717, 1.165) is 11.4 Å². The molecule has 170 valence electrons. The molecule has 0 spiro atoms. The van der Waals surface area contributed by atoms with E-state index in [4.69, 9.17) is 0 Å². The highest BCUT2D eigenvalue weighted by Crippen LogP contribution is 2.38. The van der Waals surface area contributed by atoms with Gasteiger partial charge in [-0.25, -0.2) is 0 Å². The van der Waals surface area contributed by atoms with Crippen LogP contribution < -0.4 is 10.6 Å². The quantitative estimate of drug-likeness (QED) is 0.270. The van der Waals surface area contributed by atoms with Gasteiger partial charge in [0.25, 0.3) is 0 Å². The number of hydrogen-bond acceptors (Lipinski definition) is 2. The Hall–Kier alpha value is -3.78. The van der Waals surface area contributed by atoms with Crippen molar-refractivity contribution in [3.8, 4) is 0 Å². The first-order valence-corrected chi connectivity index (χ1v) is 12.0. The Bertz CT molecular complexity index is 1400. The summed E-state index contributed by atoms with van der Waals surface area (Å²) in [6, 6.07) is 26.6. The molecule has 0 aliphatic rings. The van der Waals surface area contributed by atoms with Crippen molar-refractivity contribution < 1.29 is 0 Å². The minimum atomic E-state index is 1.12. The molecule has 0 heterocycles. The third-order valence-corrected chi connectivity index (χ3v) is 6.76. The largest absolute Gasteiger partial charge is 0.355 e. The molecule has 0 aliphatic carbocycles. The molecule has 2 nitrogen and oxygen atoms in total. The first-order valence-electron chi connectivity index (χ1n) is 12.0. The maximum atomic E-state index is 3.77. The van der Waals surface area contributed by atoms with Gasteiger partial charge >= 0.3 is 0 Å². The van der Waals surface area contributed by atoms with Crippen molar-refractivity contribution in [2.75, 3.05) is 10.6 Å². The van der Waals surface area contributed by atoms with Gasteiger partial charge in [-0.1, -0.05) is 59.7 Å². The lowest BCUT2D eigenvalue weighted by molar-refractivity contribution is 1.31. The lowest BCUT2D eigenvalue weighted by atomic mass is 9.99. The average Bonchev–Trinajstić information content (AvgIpc) is 2.78. The molecule has 0 amide bonds. The number of aryl methyl sites for hydroxylation is 6. The average molecular weight is 445 g/mol. The molecular formula is C32H32N2. The molecule has 2 N–H and O–H groups in total. The van der Waals surface area contributed by atoms with Crippen molar-refractivity contribution in [2.24, 2.45) is 0 Å². The normalized spacial score (nSPS) is 11.2. The second-order valence-corrected chi connectivity index (χ2v) is 9.70. The van der Waals surface area contributed by atoms with Crippen molar-refractivity contribution in [2.45, 2.75) is 41.5 Å². The molecule has 5 aromatic carbocycles. The summed E-state index contributed by atoms with van der Waals surface area (Å²) in [6.07, 6.45) is 0. The lowest BCUT2D eigenvalue weighted by Gasteiger charge is -2.20. The molecule has 0 aliphatic heterocycles. The Morgan fingerprint density at radius 2 is 0.794 bits per heavy atom. The second kappa shape index (κ2) is 8.53. The number of nitrogens with one attached hydrogen (secondary N) is 2. The van der Waals surface area contributed by atoms with Crippen LogP contribution in [0.2, 0.25) is 0 Å². The van der Waals surface area contributed by atoms with Crippen LogP contribution in [0.3, 0.4) is 0 Å². The zero-order valence-corrected chi connectivity index (χ0v) is 20.9. The van der Waals surface area contributed by atoms with Gasteiger partial charge in [-0.05, 0) is 98.8 Å². The molecule has 34 heavy (non-hydrogen) atoms. The summed E-state index contributed by atoms with van der Waals surface area (Å²) >= 11 is 0. The van der Waals surface area contributed by atoms with E-state index in [0.29, 0.717) is 0 Å². The molecule has 0 bridgehead atoms. The first kappa shape index (κ1) is 22.0. The van der Waals surface area contributed by atoms with E-state index in [1.165, 1.54) is 66.3 Å². The fourth-order valence-electron chi connectivity index (χ4n) is 5.27. The molecule has 5 aromatic rings. The minimum absolute atomic E-state index is 1.12. The summed E-state index contributed by atoms with van der Waals surface area (Å²) in [5.74, 6) is 0. The number of benzene rings is 5. The minimum Gasteiger partial charge on any atom is -0.355 e. The Kier molecular flexibility index (Phi) is 5.53. The zero-order chi connectivity index (χ0) is 24.0. The fourth-order valence-corrected chi connectivity index (χ4v) is 5.27. The highest BCUT2D eigenvalue weighted by atomic mass is 14.9. The number of hydrogen-bond donors (Lipinski definition) is 2. The summed E-state index contributed by atoms with van der Waals surface area (Å²) in [5, 5.41) is 12.5. The predicted octanol–water partition coefficient (Wildman–Crippen LogP) is 9.33. The molecule has 2 heteroatoms. The monoisotopic (exact) mass is 444 g/mol. The molecule has 0 radical (unpaired) electrons. The Morgan fingerprint density at radius 3 is 1.15 bits per heavy atom. The van der Waals surface area contributed by atoms with E-state index < -0.39 is 0 Å². The van der Waals surface area contributed by atoms with Crippen LogP contribution in [0, 0.1) is 41.5 Å². The smallest absolute Gasteiger partial charge is 0.0465 e. The molecule has 0 saturated heterocycles. The molecule has 0 atom stereocenters. The van der Waals surface area contributed by atoms with Gasteiger partial charge in [-0.3, -0.25) is 0 Å². The van der Waals surface area contributed by atoms with Crippen molar-refractivity contribution in [1.29, 1.82) is 0 Å². The molecular weight excluding hydrogens is 412 g/mol. The summed E-state index contributed by atoms with van der Waals surface area (Å²) in [5.41, 5.74) is 12.3. The maximum Gasteiger partial charge on any atom is 0.0465 e. The van der Waals surface area contributed by atoms with Gasteiger partial charge in [-0.2, -0.15) is 0 Å². The lowest BCUT2D eigenvalue weighted by Crippen LogP contribution is -2.01. The van der Waals surface area contributed by atoms with E-state index in [9.17, 15) is 0 Å². The van der Waals surface area contributed by atoms with Crippen LogP contribution in [0.25, 0.3) is 21.5 Å². The fraction of sp³-hybridized carbons (Fsp3) is 0.188. The van der Waals surface area contributed by atoms with Crippen LogP contribution in [0.4, 0.5) is 22.7 Å². The summed E-state index contributed by atoms with van der Waals surface area (Å²) in [7, 11) is 0. The van der Waals surface area contributed by atoms with Crippen LogP contribution >= 0.6 is 0 Å². The van der Waals surface area contributed by atoms with E-state index >= 15 is 0 Å². The van der Waals surface area contributed by atoms with E-state index in [1.807, 2.05) is 0 Å². The van der Waals surface area contributed by atoms with E-state index in [-0.39, 0.29) is 0 Å². The van der Waals surface area contributed by atoms with E-state index in [1.54, 1.807) is 0 Å². The van der Waals surface area contributed by atoms with E-state index in [2.05, 4.69) is 125 Å². The Balaban J connectivity index is 1.70. The third-order valence-electron chi connectivity index (χ3n) is 6.76. The standard InChI is InChI=1S/C32H32N2/c1-19-13-21(3)31(22(4)14-19)33-29-11-12-30(34-32-23(5)15-20(2)16-24(32)6)28-18-26-10-8-7-9-25(26)17-27(28)29/h7-18,33-34H,1-6H3. The van der Waals surface area contributed by atoms with Gasteiger partial charge in [0.15, 0.2) is 0 Å². The van der Waals surface area contributed by atoms with Gasteiger partial charge in [-0.15, -0.1) is 0 Å². The number of rotatable bonds is 4. The van der Waals surface area contributed by atoms with Gasteiger partial charge in [0.05, 0.1) is 0 Å².